The van der Waals surface area contributed by atoms with Gasteiger partial charge in [0.1, 0.15) is 0 Å². The zero-order valence-electron chi connectivity index (χ0n) is 6.10. The summed E-state index contributed by atoms with van der Waals surface area (Å²) >= 11 is 4.64. The van der Waals surface area contributed by atoms with Crippen LogP contribution in [0, 0.1) is 0 Å². The Morgan fingerprint density at radius 2 is 2.00 bits per heavy atom. The summed E-state index contributed by atoms with van der Waals surface area (Å²) in [7, 11) is 0. The van der Waals surface area contributed by atoms with Crippen LogP contribution in [0.5, 0.6) is 0 Å². The molecule has 1 aliphatic rings. The quantitative estimate of drug-likeness (QED) is 0.651. The highest BCUT2D eigenvalue weighted by atomic mass is 32.1. The van der Waals surface area contributed by atoms with Crippen molar-refractivity contribution < 1.29 is 0 Å². The third-order valence-corrected chi connectivity index (χ3v) is 2.39. The van der Waals surface area contributed by atoms with Gasteiger partial charge in [0.15, 0.2) is 0 Å². The number of hydrogen-bond donors (Lipinski definition) is 0. The second-order valence-electron chi connectivity index (χ2n) is 2.93. The molecule has 0 saturated heterocycles. The van der Waals surface area contributed by atoms with Crippen LogP contribution in [0.3, 0.4) is 0 Å². The molecule has 2 rings (SSSR count). The van der Waals surface area contributed by atoms with Crippen molar-refractivity contribution in [2.75, 3.05) is 0 Å². The molecular formula is C9H9NS. The third kappa shape index (κ3) is 1.31. The van der Waals surface area contributed by atoms with Crippen molar-refractivity contribution in [1.82, 2.24) is 0 Å². The third-order valence-electron chi connectivity index (χ3n) is 2.12. The van der Waals surface area contributed by atoms with E-state index in [1.165, 1.54) is 5.56 Å². The summed E-state index contributed by atoms with van der Waals surface area (Å²) in [6, 6.07) is 10.9. The first-order chi connectivity index (χ1) is 5.42. The Labute approximate surface area is 71.6 Å². The van der Waals surface area contributed by atoms with Gasteiger partial charge in [-0.25, -0.2) is 4.36 Å². The molecule has 2 heteroatoms. The molecule has 0 aromatic heterocycles. The van der Waals surface area contributed by atoms with Crippen molar-refractivity contribution in [1.29, 1.82) is 0 Å². The molecular weight excluding hydrogens is 154 g/mol. The fourth-order valence-corrected chi connectivity index (χ4v) is 1.59. The summed E-state index contributed by atoms with van der Waals surface area (Å²) < 4.78 is 3.84. The van der Waals surface area contributed by atoms with Crippen LogP contribution in [0.2, 0.25) is 0 Å². The molecule has 0 bridgehead atoms. The van der Waals surface area contributed by atoms with Gasteiger partial charge in [0.05, 0.1) is 6.04 Å². The fraction of sp³-hybridized carbons (Fsp3) is 0.333. The van der Waals surface area contributed by atoms with Gasteiger partial charge in [-0.1, -0.05) is 30.3 Å². The highest BCUT2D eigenvalue weighted by Gasteiger charge is 2.37. The Hall–Kier alpha value is -0.760. The van der Waals surface area contributed by atoms with Crippen molar-refractivity contribution in [3.8, 4) is 0 Å². The Morgan fingerprint density at radius 1 is 1.27 bits per heavy atom. The van der Waals surface area contributed by atoms with Crippen molar-refractivity contribution in [3.05, 3.63) is 35.9 Å². The van der Waals surface area contributed by atoms with Gasteiger partial charge in [-0.05, 0) is 12.0 Å². The lowest BCUT2D eigenvalue weighted by Crippen LogP contribution is -1.81. The van der Waals surface area contributed by atoms with Gasteiger partial charge in [-0.15, -0.1) is 0 Å². The van der Waals surface area contributed by atoms with E-state index in [-0.39, 0.29) is 0 Å². The van der Waals surface area contributed by atoms with Crippen molar-refractivity contribution in [2.45, 2.75) is 18.4 Å². The number of rotatable bonds is 2. The number of benzene rings is 1. The van der Waals surface area contributed by atoms with E-state index < -0.39 is 0 Å². The molecule has 2 atom stereocenters. The van der Waals surface area contributed by atoms with Crippen LogP contribution in [0.4, 0.5) is 0 Å². The first kappa shape index (κ1) is 6.92. The lowest BCUT2D eigenvalue weighted by Gasteiger charge is -1.94. The Bertz CT molecular complexity index is 258. The maximum absolute atomic E-state index is 4.64. The van der Waals surface area contributed by atoms with Gasteiger partial charge in [-0.2, -0.15) is 0 Å². The van der Waals surface area contributed by atoms with Gasteiger partial charge in [0, 0.05) is 18.3 Å². The van der Waals surface area contributed by atoms with Crippen LogP contribution in [0.15, 0.2) is 34.7 Å². The van der Waals surface area contributed by atoms with E-state index >= 15 is 0 Å². The second-order valence-corrected chi connectivity index (χ2v) is 3.14. The number of hydrogen-bond acceptors (Lipinski definition) is 2. The molecule has 0 heterocycles. The molecule has 56 valence electrons. The Morgan fingerprint density at radius 3 is 2.55 bits per heavy atom. The minimum atomic E-state index is 0.424. The van der Waals surface area contributed by atoms with E-state index in [2.05, 4.69) is 41.1 Å². The summed E-state index contributed by atoms with van der Waals surface area (Å²) in [6.45, 7) is 0. The summed E-state index contributed by atoms with van der Waals surface area (Å²) in [6.07, 6.45) is 1.15. The standard InChI is InChI=1S/C9H9NS/c11-10-9-6-8(9)7-4-2-1-3-5-7/h1-5,8-9H,6H2/t8-,9+/m1/s1. The summed E-state index contributed by atoms with van der Waals surface area (Å²) in [4.78, 5) is 0. The van der Waals surface area contributed by atoms with Gasteiger partial charge in [0.25, 0.3) is 0 Å². The lowest BCUT2D eigenvalue weighted by molar-refractivity contribution is 1.01. The lowest BCUT2D eigenvalue weighted by atomic mass is 10.1. The largest absolute Gasteiger partial charge is 0.216 e. The van der Waals surface area contributed by atoms with Gasteiger partial charge >= 0.3 is 0 Å². The van der Waals surface area contributed by atoms with Crippen molar-refractivity contribution in [2.24, 2.45) is 4.36 Å². The molecule has 0 radical (unpaired) electrons. The molecule has 1 aromatic rings. The normalized spacial score (nSPS) is 28.0. The van der Waals surface area contributed by atoms with E-state index in [1.807, 2.05) is 6.07 Å². The molecule has 1 aliphatic carbocycles. The maximum atomic E-state index is 4.64. The second kappa shape index (κ2) is 2.70. The monoisotopic (exact) mass is 163 g/mol. The van der Waals surface area contributed by atoms with Crippen LogP contribution in [0.25, 0.3) is 0 Å². The Kier molecular flexibility index (Phi) is 1.70. The van der Waals surface area contributed by atoms with E-state index in [9.17, 15) is 0 Å². The SMILES string of the molecule is S=N[C@H]1C[C@@H]1c1ccccc1. The average molecular weight is 163 g/mol. The van der Waals surface area contributed by atoms with Crippen molar-refractivity contribution in [3.63, 3.8) is 0 Å². The van der Waals surface area contributed by atoms with E-state index in [0.717, 1.165) is 6.42 Å². The smallest absolute Gasteiger partial charge is 0.0706 e. The minimum Gasteiger partial charge on any atom is -0.216 e. The van der Waals surface area contributed by atoms with Crippen LogP contribution in [-0.2, 0) is 12.4 Å². The molecule has 1 fully saturated rings. The average Bonchev–Trinajstić information content (AvgIpc) is 2.85. The molecule has 0 spiro atoms. The van der Waals surface area contributed by atoms with Gasteiger partial charge < -0.3 is 0 Å². The summed E-state index contributed by atoms with van der Waals surface area (Å²) in [5, 5.41) is 0. The fourth-order valence-electron chi connectivity index (χ4n) is 1.36. The zero-order valence-corrected chi connectivity index (χ0v) is 6.92. The van der Waals surface area contributed by atoms with E-state index in [4.69, 9.17) is 0 Å². The highest BCUT2D eigenvalue weighted by Crippen LogP contribution is 2.42. The molecule has 1 aromatic carbocycles. The predicted octanol–water partition coefficient (Wildman–Crippen LogP) is 2.27. The van der Waals surface area contributed by atoms with Crippen LogP contribution in [0.1, 0.15) is 17.9 Å². The molecule has 0 aliphatic heterocycles. The minimum absolute atomic E-state index is 0.424. The molecule has 11 heavy (non-hydrogen) atoms. The molecule has 0 N–H and O–H groups in total. The van der Waals surface area contributed by atoms with Crippen LogP contribution < -0.4 is 0 Å². The first-order valence-electron chi connectivity index (χ1n) is 3.79. The predicted molar refractivity (Wildman–Crippen MR) is 47.4 cm³/mol. The summed E-state index contributed by atoms with van der Waals surface area (Å²) in [5.74, 6) is 0.619. The number of nitrogens with zero attached hydrogens (tertiary/aromatic N) is 1. The topological polar surface area (TPSA) is 12.4 Å². The Balaban J connectivity index is 2.14. The zero-order chi connectivity index (χ0) is 7.68. The summed E-state index contributed by atoms with van der Waals surface area (Å²) in [5.41, 5.74) is 1.38. The van der Waals surface area contributed by atoms with Crippen molar-refractivity contribution >= 4 is 12.4 Å². The van der Waals surface area contributed by atoms with Gasteiger partial charge in [0.2, 0.25) is 0 Å². The molecule has 1 saturated carbocycles. The molecule has 0 amide bonds. The van der Waals surface area contributed by atoms with Crippen LogP contribution in [-0.4, -0.2) is 6.04 Å². The highest BCUT2D eigenvalue weighted by molar-refractivity contribution is 7.47. The molecule has 1 nitrogen and oxygen atoms in total. The van der Waals surface area contributed by atoms with Gasteiger partial charge in [-0.3, -0.25) is 0 Å². The maximum Gasteiger partial charge on any atom is 0.0706 e. The van der Waals surface area contributed by atoms with E-state index in [0.29, 0.717) is 12.0 Å². The van der Waals surface area contributed by atoms with E-state index in [1.54, 1.807) is 0 Å². The molecule has 0 unspecified atom stereocenters. The first-order valence-corrected chi connectivity index (χ1v) is 4.16. The van der Waals surface area contributed by atoms with Crippen LogP contribution >= 0.6 is 0 Å².